The summed E-state index contributed by atoms with van der Waals surface area (Å²) < 4.78 is 54.5. The van der Waals surface area contributed by atoms with Crippen LogP contribution in [0.3, 0.4) is 0 Å². The largest absolute Gasteiger partial charge is 0.434 e. The molecule has 2 aliphatic rings. The monoisotopic (exact) mass is 431 g/mol. The van der Waals surface area contributed by atoms with Gasteiger partial charge in [-0.15, -0.1) is 0 Å². The number of aromatic nitrogens is 5. The maximum Gasteiger partial charge on any atom is 0.434 e. The third kappa shape index (κ3) is 3.64. The number of nitrogens with zero attached hydrogens (tertiary/aromatic N) is 7. The van der Waals surface area contributed by atoms with Crippen molar-refractivity contribution in [3.8, 4) is 11.5 Å². The van der Waals surface area contributed by atoms with E-state index in [2.05, 4.69) is 24.9 Å². The third-order valence-corrected chi connectivity index (χ3v) is 5.52. The predicted octanol–water partition coefficient (Wildman–Crippen LogP) is 3.73. The van der Waals surface area contributed by atoms with Crippen molar-refractivity contribution < 1.29 is 17.6 Å². The summed E-state index contributed by atoms with van der Waals surface area (Å²) in [6.45, 7) is 1.70. The minimum Gasteiger partial charge on any atom is -0.356 e. The fourth-order valence-corrected chi connectivity index (χ4v) is 4.02. The van der Waals surface area contributed by atoms with Gasteiger partial charge in [0.1, 0.15) is 11.5 Å². The quantitative estimate of drug-likeness (QED) is 0.591. The van der Waals surface area contributed by atoms with E-state index < -0.39 is 17.8 Å². The summed E-state index contributed by atoms with van der Waals surface area (Å²) in [6, 6.07) is 1.74. The van der Waals surface area contributed by atoms with Crippen molar-refractivity contribution in [2.24, 2.45) is 10.9 Å². The molecule has 0 amide bonds. The van der Waals surface area contributed by atoms with Crippen LogP contribution in [0.1, 0.15) is 18.5 Å². The van der Waals surface area contributed by atoms with Crippen molar-refractivity contribution in [2.45, 2.75) is 19.0 Å². The molecule has 1 unspecified atom stereocenters. The lowest BCUT2D eigenvalue weighted by atomic mass is 9.90. The second-order valence-electron chi connectivity index (χ2n) is 7.46. The van der Waals surface area contributed by atoms with Crippen molar-refractivity contribution in [1.82, 2.24) is 24.3 Å². The Morgan fingerprint density at radius 2 is 1.97 bits per heavy atom. The molecular formula is C20H17F4N7. The van der Waals surface area contributed by atoms with E-state index in [0.717, 1.165) is 31.8 Å². The Hall–Kier alpha value is -3.37. The summed E-state index contributed by atoms with van der Waals surface area (Å²) in [5, 5.41) is 0. The number of fused-ring (bicyclic) bond motifs is 1. The molecule has 160 valence electrons. The Labute approximate surface area is 174 Å². The molecule has 5 rings (SSSR count). The minimum absolute atomic E-state index is 0.0228. The van der Waals surface area contributed by atoms with E-state index in [1.165, 1.54) is 10.6 Å². The van der Waals surface area contributed by atoms with Crippen molar-refractivity contribution in [1.29, 1.82) is 0 Å². The molecule has 1 atom stereocenters. The lowest BCUT2D eigenvalue weighted by Gasteiger charge is -2.34. The number of piperidine rings is 1. The van der Waals surface area contributed by atoms with Crippen molar-refractivity contribution in [3.63, 3.8) is 0 Å². The Morgan fingerprint density at radius 3 is 2.74 bits per heavy atom. The van der Waals surface area contributed by atoms with Gasteiger partial charge in [0, 0.05) is 37.0 Å². The van der Waals surface area contributed by atoms with Gasteiger partial charge in [0.25, 0.3) is 0 Å². The van der Waals surface area contributed by atoms with Crippen molar-refractivity contribution in [3.05, 3.63) is 48.2 Å². The number of imidazole rings is 1. The van der Waals surface area contributed by atoms with E-state index in [-0.39, 0.29) is 17.4 Å². The Bertz CT molecular complexity index is 1200. The van der Waals surface area contributed by atoms with E-state index >= 15 is 0 Å². The summed E-state index contributed by atoms with van der Waals surface area (Å²) >= 11 is 0. The number of hydrogen-bond acceptors (Lipinski definition) is 6. The van der Waals surface area contributed by atoms with Crippen LogP contribution < -0.4 is 4.90 Å². The van der Waals surface area contributed by atoms with E-state index in [1.807, 2.05) is 11.0 Å². The average molecular weight is 431 g/mol. The third-order valence-electron chi connectivity index (χ3n) is 5.52. The van der Waals surface area contributed by atoms with Gasteiger partial charge in [-0.05, 0) is 18.9 Å². The van der Waals surface area contributed by atoms with Gasteiger partial charge >= 0.3 is 6.18 Å². The number of anilines is 1. The maximum atomic E-state index is 14.0. The molecule has 7 nitrogen and oxygen atoms in total. The minimum atomic E-state index is -4.57. The second kappa shape index (κ2) is 7.40. The fourth-order valence-electron chi connectivity index (χ4n) is 4.02. The molecule has 0 N–H and O–H groups in total. The molecular weight excluding hydrogens is 414 g/mol. The zero-order chi connectivity index (χ0) is 21.6. The summed E-state index contributed by atoms with van der Waals surface area (Å²) in [4.78, 5) is 22.2. The average Bonchev–Trinajstić information content (AvgIpc) is 3.39. The molecule has 0 bridgehead atoms. The normalized spacial score (nSPS) is 19.6. The van der Waals surface area contributed by atoms with Gasteiger partial charge in [-0.2, -0.15) is 17.6 Å². The number of alkyl halides is 3. The first-order chi connectivity index (χ1) is 14.9. The van der Waals surface area contributed by atoms with E-state index in [9.17, 15) is 17.6 Å². The molecule has 0 saturated carbocycles. The fraction of sp³-hybridized carbons (Fsp3) is 0.350. The van der Waals surface area contributed by atoms with Crippen LogP contribution in [-0.4, -0.2) is 49.9 Å². The van der Waals surface area contributed by atoms with Gasteiger partial charge in [-0.1, -0.05) is 6.08 Å². The van der Waals surface area contributed by atoms with Crippen LogP contribution >= 0.6 is 0 Å². The maximum absolute atomic E-state index is 14.0. The van der Waals surface area contributed by atoms with Gasteiger partial charge in [0.15, 0.2) is 17.2 Å². The zero-order valence-electron chi connectivity index (χ0n) is 16.2. The number of halogens is 4. The molecule has 3 aromatic heterocycles. The number of aliphatic imine (C=N–C) groups is 1. The van der Waals surface area contributed by atoms with Crippen LogP contribution in [0.5, 0.6) is 0 Å². The standard InChI is InChI=1S/C20H17F4N7/c21-18-13(3-5-25-18)12-2-1-7-30(10-12)16-4-6-26-19(29-16)14-8-28-17-9-27-15(11-31(14)17)20(22,23)24/h3-4,6,8-9,11-12H,1-2,5,7,10H2. The molecule has 0 aliphatic carbocycles. The van der Waals surface area contributed by atoms with Crippen LogP contribution in [0.2, 0.25) is 0 Å². The Morgan fingerprint density at radius 1 is 1.10 bits per heavy atom. The van der Waals surface area contributed by atoms with Crippen LogP contribution in [0.25, 0.3) is 17.2 Å². The first kappa shape index (κ1) is 19.6. The lowest BCUT2D eigenvalue weighted by molar-refractivity contribution is -0.141. The highest BCUT2D eigenvalue weighted by molar-refractivity contribution is 5.95. The molecule has 2 aliphatic heterocycles. The molecule has 1 fully saturated rings. The van der Waals surface area contributed by atoms with Crippen LogP contribution in [0.4, 0.5) is 23.4 Å². The van der Waals surface area contributed by atoms with Gasteiger partial charge in [0.05, 0.1) is 18.9 Å². The first-order valence-electron chi connectivity index (χ1n) is 9.79. The van der Waals surface area contributed by atoms with Gasteiger partial charge < -0.3 is 4.90 Å². The first-order valence-corrected chi connectivity index (χ1v) is 9.79. The Balaban J connectivity index is 1.46. The predicted molar refractivity (Wildman–Crippen MR) is 105 cm³/mol. The molecule has 0 radical (unpaired) electrons. The highest BCUT2D eigenvalue weighted by Crippen LogP contribution is 2.31. The molecule has 31 heavy (non-hydrogen) atoms. The number of rotatable bonds is 3. The van der Waals surface area contributed by atoms with Crippen LogP contribution in [0, 0.1) is 5.92 Å². The summed E-state index contributed by atoms with van der Waals surface area (Å²) in [5.74, 6) is 0.509. The van der Waals surface area contributed by atoms with E-state index in [4.69, 9.17) is 0 Å². The van der Waals surface area contributed by atoms with Gasteiger partial charge in [-0.25, -0.2) is 19.9 Å². The molecule has 11 heteroatoms. The van der Waals surface area contributed by atoms with Gasteiger partial charge in [0.2, 0.25) is 5.97 Å². The molecule has 0 spiro atoms. The van der Waals surface area contributed by atoms with Crippen LogP contribution in [-0.2, 0) is 6.18 Å². The summed E-state index contributed by atoms with van der Waals surface area (Å²) in [5.41, 5.74) is 0.212. The summed E-state index contributed by atoms with van der Waals surface area (Å²) in [7, 11) is 0. The van der Waals surface area contributed by atoms with E-state index in [1.54, 1.807) is 12.3 Å². The lowest BCUT2D eigenvalue weighted by Crippen LogP contribution is -2.37. The molecule has 0 aromatic carbocycles. The Kier molecular flexibility index (Phi) is 4.67. The highest BCUT2D eigenvalue weighted by atomic mass is 19.4. The summed E-state index contributed by atoms with van der Waals surface area (Å²) in [6.07, 6.45) is 3.91. The van der Waals surface area contributed by atoms with Crippen molar-refractivity contribution >= 4 is 17.4 Å². The molecule has 1 saturated heterocycles. The second-order valence-corrected chi connectivity index (χ2v) is 7.46. The van der Waals surface area contributed by atoms with Crippen molar-refractivity contribution in [2.75, 3.05) is 24.5 Å². The molecule has 5 heterocycles. The molecule has 3 aromatic rings. The zero-order valence-corrected chi connectivity index (χ0v) is 16.2. The van der Waals surface area contributed by atoms with Crippen LogP contribution in [0.15, 0.2) is 47.5 Å². The van der Waals surface area contributed by atoms with E-state index in [0.29, 0.717) is 30.2 Å². The van der Waals surface area contributed by atoms with Gasteiger partial charge in [-0.3, -0.25) is 9.39 Å². The smallest absolute Gasteiger partial charge is 0.356 e. The number of hydrogen-bond donors (Lipinski definition) is 0. The topological polar surface area (TPSA) is 71.6 Å². The SMILES string of the molecule is FC1=NCC=C1C1CCCN(c2ccnc(-c3cnc4cnc(C(F)(F)F)cn34)n2)C1. The highest BCUT2D eigenvalue weighted by Gasteiger charge is 2.33.